The van der Waals surface area contributed by atoms with Crippen LogP contribution in [0.1, 0.15) is 19.3 Å². The molecule has 0 radical (unpaired) electrons. The molecule has 21 heavy (non-hydrogen) atoms. The minimum absolute atomic E-state index is 0.245. The van der Waals surface area contributed by atoms with Gasteiger partial charge in [-0.1, -0.05) is 18.0 Å². The lowest BCUT2D eigenvalue weighted by molar-refractivity contribution is -0.145. The average Bonchev–Trinajstić information content (AvgIpc) is 2.87. The molecule has 2 rings (SSSR count). The smallest absolute Gasteiger partial charge is 0.307 e. The van der Waals surface area contributed by atoms with E-state index in [-0.39, 0.29) is 5.91 Å². The monoisotopic (exact) mass is 310 g/mol. The van der Waals surface area contributed by atoms with E-state index >= 15 is 0 Å². The van der Waals surface area contributed by atoms with Crippen LogP contribution < -0.4 is 10.2 Å². The molecule has 0 aromatic heterocycles. The van der Waals surface area contributed by atoms with Gasteiger partial charge in [-0.15, -0.1) is 0 Å². The Labute approximate surface area is 128 Å². The molecule has 0 spiro atoms. The fourth-order valence-corrected chi connectivity index (χ4v) is 2.97. The molecule has 1 aliphatic carbocycles. The lowest BCUT2D eigenvalue weighted by Gasteiger charge is -2.21. The van der Waals surface area contributed by atoms with E-state index in [9.17, 15) is 14.7 Å². The number of aliphatic carboxylic acids is 1. The number of carboxylic acids is 1. The van der Waals surface area contributed by atoms with Crippen molar-refractivity contribution >= 4 is 34.9 Å². The molecule has 1 aromatic rings. The van der Waals surface area contributed by atoms with E-state index in [1.807, 2.05) is 25.1 Å². The van der Waals surface area contributed by atoms with Gasteiger partial charge in [0.25, 0.3) is 0 Å². The van der Waals surface area contributed by atoms with Crippen molar-refractivity contribution in [2.75, 3.05) is 24.3 Å². The maximum atomic E-state index is 12.4. The zero-order chi connectivity index (χ0) is 15.6. The predicted molar refractivity (Wildman–Crippen MR) is 82.9 cm³/mol. The minimum atomic E-state index is -0.897. The summed E-state index contributed by atoms with van der Waals surface area (Å²) in [4.78, 5) is 25.4. The summed E-state index contributed by atoms with van der Waals surface area (Å²) in [5, 5.41) is 12.5. The SMILES string of the molecule is CN(C)c1ccc(Cl)cc1NC(=O)[C@@H]1CCC[C@@H]1C(=O)O. The van der Waals surface area contributed by atoms with Gasteiger partial charge >= 0.3 is 5.97 Å². The van der Waals surface area contributed by atoms with Crippen molar-refractivity contribution in [3.05, 3.63) is 23.2 Å². The molecule has 1 aromatic carbocycles. The second-order valence-electron chi connectivity index (χ2n) is 5.53. The van der Waals surface area contributed by atoms with Crippen molar-refractivity contribution in [2.45, 2.75) is 19.3 Å². The van der Waals surface area contributed by atoms with Gasteiger partial charge in [-0.25, -0.2) is 0 Å². The minimum Gasteiger partial charge on any atom is -0.481 e. The van der Waals surface area contributed by atoms with Crippen LogP contribution in [0.15, 0.2) is 18.2 Å². The molecule has 114 valence electrons. The molecule has 2 atom stereocenters. The number of carbonyl (C=O) groups excluding carboxylic acids is 1. The van der Waals surface area contributed by atoms with Gasteiger partial charge in [0.1, 0.15) is 0 Å². The number of nitrogens with zero attached hydrogens (tertiary/aromatic N) is 1. The number of carbonyl (C=O) groups is 2. The van der Waals surface area contributed by atoms with Gasteiger partial charge in [-0.3, -0.25) is 9.59 Å². The molecule has 0 heterocycles. The number of rotatable bonds is 4. The molecular formula is C15H19ClN2O3. The molecule has 2 N–H and O–H groups in total. The summed E-state index contributed by atoms with van der Waals surface area (Å²) >= 11 is 5.98. The highest BCUT2D eigenvalue weighted by Crippen LogP contribution is 2.34. The van der Waals surface area contributed by atoms with Crippen LogP contribution in [0, 0.1) is 11.8 Å². The quantitative estimate of drug-likeness (QED) is 0.897. The first-order valence-corrected chi connectivity index (χ1v) is 7.28. The van der Waals surface area contributed by atoms with Gasteiger partial charge in [-0.05, 0) is 31.0 Å². The molecule has 6 heteroatoms. The first-order chi connectivity index (χ1) is 9.90. The van der Waals surface area contributed by atoms with Gasteiger partial charge < -0.3 is 15.3 Å². The molecule has 1 amide bonds. The predicted octanol–water partition coefficient (Wildman–Crippen LogP) is 2.85. The zero-order valence-corrected chi connectivity index (χ0v) is 12.9. The second-order valence-corrected chi connectivity index (χ2v) is 5.96. The highest BCUT2D eigenvalue weighted by Gasteiger charge is 2.37. The zero-order valence-electron chi connectivity index (χ0n) is 12.1. The van der Waals surface area contributed by atoms with Crippen molar-refractivity contribution in [1.29, 1.82) is 0 Å². The van der Waals surface area contributed by atoms with Crippen LogP contribution >= 0.6 is 11.6 Å². The Bertz CT molecular complexity index is 560. The molecule has 1 aliphatic rings. The average molecular weight is 311 g/mol. The summed E-state index contributed by atoms with van der Waals surface area (Å²) in [6.45, 7) is 0. The van der Waals surface area contributed by atoms with Crippen molar-refractivity contribution in [2.24, 2.45) is 11.8 Å². The maximum absolute atomic E-state index is 12.4. The third kappa shape index (κ3) is 3.47. The normalized spacial score (nSPS) is 21.1. The Kier molecular flexibility index (Phi) is 4.73. The summed E-state index contributed by atoms with van der Waals surface area (Å²) in [5.74, 6) is -2.21. The summed E-state index contributed by atoms with van der Waals surface area (Å²) in [5.41, 5.74) is 1.44. The molecule has 0 unspecified atom stereocenters. The molecule has 5 nitrogen and oxygen atoms in total. The standard InChI is InChI=1S/C15H19ClN2O3/c1-18(2)13-7-6-9(16)8-12(13)17-14(19)10-4-3-5-11(10)15(20)21/h6-8,10-11H,3-5H2,1-2H3,(H,17,19)(H,20,21)/t10-,11+/m1/s1. The van der Waals surface area contributed by atoms with Crippen molar-refractivity contribution in [3.8, 4) is 0 Å². The van der Waals surface area contributed by atoms with E-state index in [4.69, 9.17) is 11.6 Å². The number of benzene rings is 1. The van der Waals surface area contributed by atoms with Crippen LogP contribution in [0.2, 0.25) is 5.02 Å². The van der Waals surface area contributed by atoms with E-state index in [1.54, 1.807) is 12.1 Å². The number of amides is 1. The molecule has 0 saturated heterocycles. The van der Waals surface area contributed by atoms with Gasteiger partial charge in [0.15, 0.2) is 0 Å². The molecule has 0 bridgehead atoms. The summed E-state index contributed by atoms with van der Waals surface area (Å²) in [6, 6.07) is 5.25. The summed E-state index contributed by atoms with van der Waals surface area (Å²) in [6.07, 6.45) is 1.94. The summed E-state index contributed by atoms with van der Waals surface area (Å²) in [7, 11) is 3.74. The van der Waals surface area contributed by atoms with E-state index < -0.39 is 17.8 Å². The van der Waals surface area contributed by atoms with Gasteiger partial charge in [0, 0.05) is 19.1 Å². The van der Waals surface area contributed by atoms with E-state index in [2.05, 4.69) is 5.32 Å². The van der Waals surface area contributed by atoms with Crippen molar-refractivity contribution < 1.29 is 14.7 Å². The third-order valence-corrected chi connectivity index (χ3v) is 4.10. The van der Waals surface area contributed by atoms with Crippen LogP contribution in [0.3, 0.4) is 0 Å². The molecule has 1 saturated carbocycles. The first kappa shape index (κ1) is 15.6. The first-order valence-electron chi connectivity index (χ1n) is 6.90. The third-order valence-electron chi connectivity index (χ3n) is 3.87. The number of anilines is 2. The Hall–Kier alpha value is -1.75. The fraction of sp³-hybridized carbons (Fsp3) is 0.467. The van der Waals surface area contributed by atoms with Gasteiger partial charge in [0.05, 0.1) is 23.2 Å². The Morgan fingerprint density at radius 1 is 1.29 bits per heavy atom. The maximum Gasteiger partial charge on any atom is 0.307 e. The number of carboxylic acid groups (broad SMARTS) is 1. The number of halogens is 1. The van der Waals surface area contributed by atoms with Crippen LogP contribution in [-0.2, 0) is 9.59 Å². The molecule has 0 aliphatic heterocycles. The van der Waals surface area contributed by atoms with Crippen LogP contribution in [0.25, 0.3) is 0 Å². The number of hydrogen-bond acceptors (Lipinski definition) is 3. The van der Waals surface area contributed by atoms with Gasteiger partial charge in [0.2, 0.25) is 5.91 Å². The fourth-order valence-electron chi connectivity index (χ4n) is 2.79. The molecule has 1 fully saturated rings. The number of hydrogen-bond donors (Lipinski definition) is 2. The van der Waals surface area contributed by atoms with E-state index in [0.717, 1.165) is 12.1 Å². The van der Waals surface area contributed by atoms with Crippen LogP contribution in [-0.4, -0.2) is 31.1 Å². The topological polar surface area (TPSA) is 69.6 Å². The Morgan fingerprint density at radius 2 is 1.95 bits per heavy atom. The highest BCUT2D eigenvalue weighted by molar-refractivity contribution is 6.31. The lowest BCUT2D eigenvalue weighted by Crippen LogP contribution is -2.30. The Morgan fingerprint density at radius 3 is 2.57 bits per heavy atom. The second kappa shape index (κ2) is 6.35. The summed E-state index contributed by atoms with van der Waals surface area (Å²) < 4.78 is 0. The molecular weight excluding hydrogens is 292 g/mol. The van der Waals surface area contributed by atoms with Crippen LogP contribution in [0.4, 0.5) is 11.4 Å². The largest absolute Gasteiger partial charge is 0.481 e. The van der Waals surface area contributed by atoms with Crippen LogP contribution in [0.5, 0.6) is 0 Å². The van der Waals surface area contributed by atoms with Crippen molar-refractivity contribution in [3.63, 3.8) is 0 Å². The highest BCUT2D eigenvalue weighted by atomic mass is 35.5. The van der Waals surface area contributed by atoms with Gasteiger partial charge in [-0.2, -0.15) is 0 Å². The lowest BCUT2D eigenvalue weighted by atomic mass is 9.95. The van der Waals surface area contributed by atoms with E-state index in [0.29, 0.717) is 23.6 Å². The Balaban J connectivity index is 2.19. The van der Waals surface area contributed by atoms with Crippen molar-refractivity contribution in [1.82, 2.24) is 0 Å². The number of nitrogens with one attached hydrogen (secondary N) is 1. The van der Waals surface area contributed by atoms with E-state index in [1.165, 1.54) is 0 Å².